The highest BCUT2D eigenvalue weighted by Gasteiger charge is 2.09. The van der Waals surface area contributed by atoms with Crippen molar-refractivity contribution < 1.29 is 9.53 Å². The van der Waals surface area contributed by atoms with E-state index in [9.17, 15) is 9.59 Å². The third-order valence-electron chi connectivity index (χ3n) is 5.30. The second-order valence-electron chi connectivity index (χ2n) is 7.72. The third kappa shape index (κ3) is 6.28. The van der Waals surface area contributed by atoms with E-state index < -0.39 is 0 Å². The zero-order valence-corrected chi connectivity index (χ0v) is 18.9. The van der Waals surface area contributed by atoms with Gasteiger partial charge in [0, 0.05) is 20.0 Å². The fraction of sp³-hybridized carbons (Fsp3) is 0.375. The number of aromatic nitrogens is 2. The highest BCUT2D eigenvalue weighted by molar-refractivity contribution is 7.71. The summed E-state index contributed by atoms with van der Waals surface area (Å²) in [6.45, 7) is 3.60. The highest BCUT2D eigenvalue weighted by atomic mass is 32.1. The van der Waals surface area contributed by atoms with Gasteiger partial charge in [0.25, 0.3) is 5.56 Å². The molecule has 0 atom stereocenters. The van der Waals surface area contributed by atoms with Crippen LogP contribution in [0.3, 0.4) is 0 Å². The van der Waals surface area contributed by atoms with E-state index in [1.54, 1.807) is 22.6 Å². The van der Waals surface area contributed by atoms with Gasteiger partial charge in [0.15, 0.2) is 4.77 Å². The standard InChI is InChI=1S/C24H29N3O3S/c1-18-11-13-19(14-12-18)30-17-16-26(2)22(28)10-4-3-7-15-27-23(29)20-8-5-6-9-21(20)25-24(27)31/h5-6,8-9,11-14H,3-4,7,10,15-17H2,1-2H3,(H,25,31). The van der Waals surface area contributed by atoms with Gasteiger partial charge in [-0.2, -0.15) is 0 Å². The van der Waals surface area contributed by atoms with Crippen LogP contribution in [-0.4, -0.2) is 40.6 Å². The largest absolute Gasteiger partial charge is 0.492 e. The number of hydrogen-bond acceptors (Lipinski definition) is 4. The number of unbranched alkanes of at least 4 members (excludes halogenated alkanes) is 2. The van der Waals surface area contributed by atoms with E-state index in [-0.39, 0.29) is 11.5 Å². The van der Waals surface area contributed by atoms with Crippen LogP contribution in [0.15, 0.2) is 53.3 Å². The minimum atomic E-state index is -0.0660. The number of hydrogen-bond donors (Lipinski definition) is 1. The summed E-state index contributed by atoms with van der Waals surface area (Å²) in [5, 5.41) is 0.640. The molecule has 0 radical (unpaired) electrons. The van der Waals surface area contributed by atoms with Crippen molar-refractivity contribution in [1.82, 2.24) is 14.5 Å². The predicted molar refractivity (Wildman–Crippen MR) is 126 cm³/mol. The molecule has 0 fully saturated rings. The molecule has 0 aliphatic rings. The van der Waals surface area contributed by atoms with Crippen molar-refractivity contribution in [2.45, 2.75) is 39.2 Å². The Kier molecular flexibility index (Phi) is 8.00. The molecule has 0 aliphatic heterocycles. The molecule has 0 aliphatic carbocycles. The molecule has 1 amide bonds. The molecule has 0 saturated carbocycles. The van der Waals surface area contributed by atoms with Crippen molar-refractivity contribution in [2.24, 2.45) is 0 Å². The Balaban J connectivity index is 1.38. The Morgan fingerprint density at radius 3 is 2.61 bits per heavy atom. The monoisotopic (exact) mass is 439 g/mol. The number of nitrogens with one attached hydrogen (secondary N) is 1. The van der Waals surface area contributed by atoms with Crippen LogP contribution in [0.25, 0.3) is 10.9 Å². The molecule has 0 saturated heterocycles. The van der Waals surface area contributed by atoms with Crippen molar-refractivity contribution in [3.05, 3.63) is 69.2 Å². The zero-order chi connectivity index (χ0) is 22.2. The SMILES string of the molecule is Cc1ccc(OCCN(C)C(=O)CCCCCn2c(=S)[nH]c3ccccc3c2=O)cc1. The number of rotatable bonds is 10. The van der Waals surface area contributed by atoms with E-state index in [4.69, 9.17) is 17.0 Å². The first-order valence-corrected chi connectivity index (χ1v) is 11.0. The topological polar surface area (TPSA) is 67.3 Å². The summed E-state index contributed by atoms with van der Waals surface area (Å²) < 4.78 is 7.73. The summed E-state index contributed by atoms with van der Waals surface area (Å²) in [6, 6.07) is 15.3. The Labute approximate surface area is 187 Å². The van der Waals surface area contributed by atoms with Crippen LogP contribution in [0.1, 0.15) is 31.2 Å². The van der Waals surface area contributed by atoms with Crippen LogP contribution < -0.4 is 10.3 Å². The van der Waals surface area contributed by atoms with Gasteiger partial charge in [-0.15, -0.1) is 0 Å². The van der Waals surface area contributed by atoms with E-state index in [1.165, 1.54) is 5.56 Å². The average Bonchev–Trinajstić information content (AvgIpc) is 2.76. The van der Waals surface area contributed by atoms with Crippen molar-refractivity contribution in [1.29, 1.82) is 0 Å². The molecule has 6 nitrogen and oxygen atoms in total. The van der Waals surface area contributed by atoms with Crippen molar-refractivity contribution in [3.63, 3.8) is 0 Å². The molecule has 7 heteroatoms. The predicted octanol–water partition coefficient (Wildman–Crippen LogP) is 4.47. The normalized spacial score (nSPS) is 10.9. The van der Waals surface area contributed by atoms with Crippen molar-refractivity contribution in [3.8, 4) is 5.75 Å². The summed E-state index contributed by atoms with van der Waals surface area (Å²) in [6.07, 6.45) is 2.91. The fourth-order valence-corrected chi connectivity index (χ4v) is 3.66. The first-order chi connectivity index (χ1) is 15.0. The minimum Gasteiger partial charge on any atom is -0.492 e. The van der Waals surface area contributed by atoms with Gasteiger partial charge in [-0.05, 0) is 56.2 Å². The maximum Gasteiger partial charge on any atom is 0.262 e. The van der Waals surface area contributed by atoms with Crippen molar-refractivity contribution >= 4 is 29.0 Å². The third-order valence-corrected chi connectivity index (χ3v) is 5.63. The quantitative estimate of drug-likeness (QED) is 0.374. The van der Waals surface area contributed by atoms with Crippen LogP contribution >= 0.6 is 12.2 Å². The van der Waals surface area contributed by atoms with E-state index in [1.807, 2.05) is 49.4 Å². The summed E-state index contributed by atoms with van der Waals surface area (Å²) in [4.78, 5) is 29.8. The van der Waals surface area contributed by atoms with E-state index in [0.29, 0.717) is 36.3 Å². The molecular formula is C24H29N3O3S. The zero-order valence-electron chi connectivity index (χ0n) is 18.1. The lowest BCUT2D eigenvalue weighted by Gasteiger charge is -2.17. The van der Waals surface area contributed by atoms with Crippen LogP contribution in [0.2, 0.25) is 0 Å². The van der Waals surface area contributed by atoms with Gasteiger partial charge in [-0.3, -0.25) is 14.2 Å². The lowest BCUT2D eigenvalue weighted by Crippen LogP contribution is -2.30. The molecule has 164 valence electrons. The highest BCUT2D eigenvalue weighted by Crippen LogP contribution is 2.11. The van der Waals surface area contributed by atoms with Gasteiger partial charge in [-0.1, -0.05) is 36.2 Å². The number of nitrogens with zero attached hydrogens (tertiary/aromatic N) is 2. The smallest absolute Gasteiger partial charge is 0.262 e. The molecule has 31 heavy (non-hydrogen) atoms. The summed E-state index contributed by atoms with van der Waals surface area (Å²) in [7, 11) is 1.80. The summed E-state index contributed by atoms with van der Waals surface area (Å²) >= 11 is 5.34. The number of carbonyl (C=O) groups excluding carboxylic acids is 1. The lowest BCUT2D eigenvalue weighted by molar-refractivity contribution is -0.130. The fourth-order valence-electron chi connectivity index (χ4n) is 3.38. The minimum absolute atomic E-state index is 0.0660. The Hall–Kier alpha value is -2.93. The number of ether oxygens (including phenoxy) is 1. The molecule has 0 unspecified atom stereocenters. The van der Waals surface area contributed by atoms with Gasteiger partial charge < -0.3 is 14.6 Å². The molecule has 3 rings (SSSR count). The molecule has 0 bridgehead atoms. The average molecular weight is 440 g/mol. The van der Waals surface area contributed by atoms with Gasteiger partial charge in [0.2, 0.25) is 5.91 Å². The van der Waals surface area contributed by atoms with Crippen LogP contribution in [0.4, 0.5) is 0 Å². The summed E-state index contributed by atoms with van der Waals surface area (Å²) in [5.41, 5.74) is 1.88. The maximum absolute atomic E-state index is 12.6. The number of fused-ring (bicyclic) bond motifs is 1. The Morgan fingerprint density at radius 1 is 1.10 bits per heavy atom. The van der Waals surface area contributed by atoms with Gasteiger partial charge in [-0.25, -0.2) is 0 Å². The van der Waals surface area contributed by atoms with E-state index >= 15 is 0 Å². The maximum atomic E-state index is 12.6. The Bertz CT molecular complexity index is 1140. The molecule has 3 aromatic rings. The van der Waals surface area contributed by atoms with Gasteiger partial charge in [0.05, 0.1) is 17.4 Å². The van der Waals surface area contributed by atoms with Crippen LogP contribution in [-0.2, 0) is 11.3 Å². The molecule has 1 aromatic heterocycles. The molecule has 2 aromatic carbocycles. The number of aryl methyl sites for hydroxylation is 1. The Morgan fingerprint density at radius 2 is 1.84 bits per heavy atom. The molecule has 0 spiro atoms. The molecular weight excluding hydrogens is 410 g/mol. The van der Waals surface area contributed by atoms with E-state index in [2.05, 4.69) is 4.98 Å². The number of benzene rings is 2. The van der Waals surface area contributed by atoms with E-state index in [0.717, 1.165) is 30.5 Å². The van der Waals surface area contributed by atoms with Crippen LogP contribution in [0, 0.1) is 11.7 Å². The van der Waals surface area contributed by atoms with Gasteiger partial charge >= 0.3 is 0 Å². The lowest BCUT2D eigenvalue weighted by atomic mass is 10.1. The second kappa shape index (κ2) is 10.9. The number of amides is 1. The molecule has 1 heterocycles. The number of likely N-dealkylation sites (N-methyl/N-ethyl adjacent to an activating group) is 1. The summed E-state index contributed by atoms with van der Waals surface area (Å²) in [5.74, 6) is 0.918. The first-order valence-electron chi connectivity index (χ1n) is 10.6. The first kappa shape index (κ1) is 22.7. The number of para-hydroxylation sites is 1. The number of carbonyl (C=O) groups is 1. The van der Waals surface area contributed by atoms with Crippen LogP contribution in [0.5, 0.6) is 5.75 Å². The van der Waals surface area contributed by atoms with Gasteiger partial charge in [0.1, 0.15) is 12.4 Å². The van der Waals surface area contributed by atoms with Crippen molar-refractivity contribution in [2.75, 3.05) is 20.2 Å². The number of H-pyrrole nitrogens is 1. The number of aromatic amines is 1. The second-order valence-corrected chi connectivity index (χ2v) is 8.11. The molecule has 1 N–H and O–H groups in total.